The van der Waals surface area contributed by atoms with Crippen molar-refractivity contribution in [1.82, 2.24) is 0 Å². The number of hydrogen-bond acceptors (Lipinski definition) is 6. The zero-order chi connectivity index (χ0) is 10.7. The van der Waals surface area contributed by atoms with Crippen LogP contribution in [-0.2, 0) is 4.74 Å². The van der Waals surface area contributed by atoms with Gasteiger partial charge in [-0.25, -0.2) is 0 Å². The van der Waals surface area contributed by atoms with E-state index >= 15 is 0 Å². The number of hydrogen-bond donors (Lipinski definition) is 4. The highest BCUT2D eigenvalue weighted by atomic mass is 16.6. The van der Waals surface area contributed by atoms with Crippen molar-refractivity contribution in [2.24, 2.45) is 5.11 Å². The Labute approximate surface area is 79.0 Å². The van der Waals surface area contributed by atoms with Crippen molar-refractivity contribution in [3.8, 4) is 0 Å². The highest BCUT2D eigenvalue weighted by Gasteiger charge is 2.43. The van der Waals surface area contributed by atoms with Crippen molar-refractivity contribution in [3.05, 3.63) is 10.4 Å². The van der Waals surface area contributed by atoms with Crippen molar-refractivity contribution in [2.75, 3.05) is 6.61 Å². The minimum atomic E-state index is -1.53. The molecule has 4 N–H and O–H groups in total. The van der Waals surface area contributed by atoms with Crippen LogP contribution in [0.15, 0.2) is 5.11 Å². The molecular formula is C6H11N3O5. The third-order valence-corrected chi connectivity index (χ3v) is 2.05. The lowest BCUT2D eigenvalue weighted by molar-refractivity contribution is -0.248. The largest absolute Gasteiger partial charge is 0.394 e. The summed E-state index contributed by atoms with van der Waals surface area (Å²) in [6, 6.07) is -1.27. The van der Waals surface area contributed by atoms with Crippen molar-refractivity contribution < 1.29 is 25.2 Å². The molecular weight excluding hydrogens is 194 g/mol. The molecule has 0 aliphatic carbocycles. The fraction of sp³-hybridized carbons (Fsp3) is 1.00. The van der Waals surface area contributed by atoms with Crippen LogP contribution in [-0.4, -0.2) is 57.7 Å². The average molecular weight is 205 g/mol. The van der Waals surface area contributed by atoms with Crippen LogP contribution in [0.3, 0.4) is 0 Å². The van der Waals surface area contributed by atoms with Crippen molar-refractivity contribution >= 4 is 0 Å². The molecule has 0 radical (unpaired) electrons. The van der Waals surface area contributed by atoms with Gasteiger partial charge < -0.3 is 25.2 Å². The smallest absolute Gasteiger partial charge is 0.166 e. The molecule has 1 rings (SSSR count). The number of rotatable bonds is 2. The fourth-order valence-corrected chi connectivity index (χ4v) is 1.27. The number of aliphatic hydroxyl groups excluding tert-OH is 4. The summed E-state index contributed by atoms with van der Waals surface area (Å²) >= 11 is 0. The summed E-state index contributed by atoms with van der Waals surface area (Å²) in [7, 11) is 0. The normalized spacial score (nSPS) is 43.0. The second-order valence-corrected chi connectivity index (χ2v) is 2.92. The maximum atomic E-state index is 9.37. The highest BCUT2D eigenvalue weighted by Crippen LogP contribution is 2.21. The van der Waals surface area contributed by atoms with Crippen LogP contribution in [0.2, 0.25) is 0 Å². The Kier molecular flexibility index (Phi) is 3.64. The third-order valence-electron chi connectivity index (χ3n) is 2.05. The zero-order valence-electron chi connectivity index (χ0n) is 7.13. The van der Waals surface area contributed by atoms with E-state index in [4.69, 9.17) is 15.4 Å². The molecule has 80 valence electrons. The molecule has 8 heteroatoms. The van der Waals surface area contributed by atoms with Gasteiger partial charge in [-0.3, -0.25) is 0 Å². The molecule has 1 aliphatic heterocycles. The van der Waals surface area contributed by atoms with Crippen molar-refractivity contribution in [3.63, 3.8) is 0 Å². The van der Waals surface area contributed by atoms with Gasteiger partial charge in [0.2, 0.25) is 0 Å². The number of azide groups is 1. The van der Waals surface area contributed by atoms with Gasteiger partial charge in [0.15, 0.2) is 6.29 Å². The molecule has 0 aromatic carbocycles. The van der Waals surface area contributed by atoms with Crippen LogP contribution in [0.1, 0.15) is 0 Å². The van der Waals surface area contributed by atoms with Gasteiger partial charge in [-0.15, -0.1) is 0 Å². The van der Waals surface area contributed by atoms with Gasteiger partial charge in [-0.05, 0) is 5.53 Å². The van der Waals surface area contributed by atoms with Gasteiger partial charge in [0, 0.05) is 4.91 Å². The molecule has 0 spiro atoms. The Morgan fingerprint density at radius 2 is 1.93 bits per heavy atom. The van der Waals surface area contributed by atoms with E-state index in [1.54, 1.807) is 0 Å². The van der Waals surface area contributed by atoms with Gasteiger partial charge in [-0.2, -0.15) is 0 Å². The monoisotopic (exact) mass is 205 g/mol. The van der Waals surface area contributed by atoms with E-state index < -0.39 is 37.3 Å². The molecule has 8 nitrogen and oxygen atoms in total. The molecule has 0 aromatic heterocycles. The minimum absolute atomic E-state index is 0.543. The van der Waals surface area contributed by atoms with Crippen LogP contribution in [0, 0.1) is 0 Å². The van der Waals surface area contributed by atoms with E-state index in [1.807, 2.05) is 0 Å². The Bertz CT molecular complexity index is 244. The Morgan fingerprint density at radius 1 is 1.29 bits per heavy atom. The highest BCUT2D eigenvalue weighted by molar-refractivity contribution is 4.92. The molecule has 0 aromatic rings. The summed E-state index contributed by atoms with van der Waals surface area (Å²) in [5, 5.41) is 39.7. The third kappa shape index (κ3) is 1.95. The maximum Gasteiger partial charge on any atom is 0.166 e. The molecule has 0 saturated carbocycles. The van der Waals surface area contributed by atoms with Gasteiger partial charge in [0.05, 0.1) is 12.7 Å². The lowest BCUT2D eigenvalue weighted by Crippen LogP contribution is -2.57. The van der Waals surface area contributed by atoms with Crippen molar-refractivity contribution in [2.45, 2.75) is 30.6 Å². The molecule has 0 bridgehead atoms. The van der Waals surface area contributed by atoms with Gasteiger partial charge in [0.25, 0.3) is 0 Å². The molecule has 0 amide bonds. The average Bonchev–Trinajstić information content (AvgIpc) is 2.18. The van der Waals surface area contributed by atoms with Gasteiger partial charge >= 0.3 is 0 Å². The first-order chi connectivity index (χ1) is 6.61. The quantitative estimate of drug-likeness (QED) is 0.237. The predicted octanol–water partition coefficient (Wildman–Crippen LogP) is -1.90. The molecule has 1 heterocycles. The van der Waals surface area contributed by atoms with Crippen LogP contribution in [0.5, 0.6) is 0 Å². The van der Waals surface area contributed by atoms with Gasteiger partial charge in [-0.1, -0.05) is 5.11 Å². The lowest BCUT2D eigenvalue weighted by atomic mass is 9.98. The molecule has 5 atom stereocenters. The van der Waals surface area contributed by atoms with E-state index in [1.165, 1.54) is 0 Å². The Hall–Kier alpha value is -0.890. The fourth-order valence-electron chi connectivity index (χ4n) is 1.27. The summed E-state index contributed by atoms with van der Waals surface area (Å²) in [6.07, 6.45) is -5.45. The first-order valence-corrected chi connectivity index (χ1v) is 3.96. The molecule has 14 heavy (non-hydrogen) atoms. The van der Waals surface area contributed by atoms with Gasteiger partial charge in [0.1, 0.15) is 18.2 Å². The molecule has 1 aliphatic rings. The first kappa shape index (κ1) is 11.2. The van der Waals surface area contributed by atoms with E-state index in [0.29, 0.717) is 0 Å². The van der Waals surface area contributed by atoms with Crippen LogP contribution in [0.4, 0.5) is 0 Å². The topological polar surface area (TPSA) is 139 Å². The van der Waals surface area contributed by atoms with Crippen molar-refractivity contribution in [1.29, 1.82) is 0 Å². The summed E-state index contributed by atoms with van der Waals surface area (Å²) in [4.78, 5) is 2.40. The maximum absolute atomic E-state index is 9.37. The van der Waals surface area contributed by atoms with Crippen LogP contribution < -0.4 is 0 Å². The second-order valence-electron chi connectivity index (χ2n) is 2.92. The second kappa shape index (κ2) is 4.56. The number of aliphatic hydroxyl groups is 4. The number of ether oxygens (including phenoxy) is 1. The summed E-state index contributed by atoms with van der Waals surface area (Å²) in [6.45, 7) is -0.543. The summed E-state index contributed by atoms with van der Waals surface area (Å²) in [5.74, 6) is 0. The molecule has 2 unspecified atom stereocenters. The Morgan fingerprint density at radius 3 is 2.43 bits per heavy atom. The van der Waals surface area contributed by atoms with E-state index in [9.17, 15) is 15.3 Å². The number of nitrogens with zero attached hydrogens (tertiary/aromatic N) is 3. The predicted molar refractivity (Wildman–Crippen MR) is 42.9 cm³/mol. The zero-order valence-corrected chi connectivity index (χ0v) is 7.13. The van der Waals surface area contributed by atoms with E-state index in [2.05, 4.69) is 10.0 Å². The summed E-state index contributed by atoms with van der Waals surface area (Å²) in [5.41, 5.74) is 8.11. The van der Waals surface area contributed by atoms with Crippen LogP contribution in [0.25, 0.3) is 10.4 Å². The standard InChI is InChI=1S/C6H11N3O5/c7-9-8-3-5(12)4(11)2(1-10)14-6(3)13/h2-6,10-13H,1H2/t2?,3?,4-,5+,6+/m0/s1. The SMILES string of the molecule is [N-]=[N+]=NC1[C@H](O)OC(CO)[C@H](O)[C@@H]1O. The van der Waals surface area contributed by atoms with E-state index in [-0.39, 0.29) is 0 Å². The molecule has 1 fully saturated rings. The Balaban J connectivity index is 2.78. The lowest BCUT2D eigenvalue weighted by Gasteiger charge is -2.37. The molecule has 1 saturated heterocycles. The summed E-state index contributed by atoms with van der Waals surface area (Å²) < 4.78 is 4.71. The van der Waals surface area contributed by atoms with Crippen LogP contribution >= 0.6 is 0 Å². The first-order valence-electron chi connectivity index (χ1n) is 3.96. The van der Waals surface area contributed by atoms with E-state index in [0.717, 1.165) is 0 Å². The minimum Gasteiger partial charge on any atom is -0.394 e.